The largest absolute Gasteiger partial charge is 0.324 e. The second-order valence-corrected chi connectivity index (χ2v) is 5.35. The third-order valence-electron chi connectivity index (χ3n) is 3.53. The van der Waals surface area contributed by atoms with E-state index in [0.29, 0.717) is 17.2 Å². The maximum Gasteiger partial charge on any atom is 0.274 e. The Balaban J connectivity index is 1.77. The van der Waals surface area contributed by atoms with Gasteiger partial charge in [-0.2, -0.15) is 5.26 Å². The van der Waals surface area contributed by atoms with Crippen molar-refractivity contribution in [3.05, 3.63) is 77.6 Å². The minimum Gasteiger partial charge on any atom is -0.324 e. The second kappa shape index (κ2) is 7.23. The molecule has 3 aromatic rings. The first kappa shape index (κ1) is 16.1. The number of carbonyl (C=O) groups excluding carboxylic acids is 1. The first-order chi connectivity index (χ1) is 12.2. The molecule has 1 aromatic heterocycles. The lowest BCUT2D eigenvalue weighted by Crippen LogP contribution is -2.15. The molecule has 3 rings (SSSR count). The molecule has 0 aliphatic carbocycles. The fraction of sp³-hybridized carbons (Fsp3) is 0.0526. The molecule has 0 saturated carbocycles. The van der Waals surface area contributed by atoms with Gasteiger partial charge in [-0.3, -0.25) is 4.79 Å². The lowest BCUT2D eigenvalue weighted by molar-refractivity contribution is 0.102. The Labute approximate surface area is 145 Å². The molecule has 1 amide bonds. The van der Waals surface area contributed by atoms with Gasteiger partial charge in [0, 0.05) is 17.6 Å². The van der Waals surface area contributed by atoms with E-state index in [-0.39, 0.29) is 11.6 Å². The molecule has 0 unspecified atom stereocenters. The molecule has 0 spiro atoms. The average Bonchev–Trinajstić information content (AvgIpc) is 2.64. The molecule has 122 valence electrons. The first-order valence-corrected chi connectivity index (χ1v) is 7.63. The Morgan fingerprint density at radius 3 is 2.76 bits per heavy atom. The van der Waals surface area contributed by atoms with Gasteiger partial charge in [-0.1, -0.05) is 24.3 Å². The number of benzene rings is 2. The number of hydrogen-bond acceptors (Lipinski definition) is 5. The summed E-state index contributed by atoms with van der Waals surface area (Å²) in [5.74, 6) is -0.0296. The quantitative estimate of drug-likeness (QED) is 0.762. The third kappa shape index (κ3) is 3.98. The van der Waals surface area contributed by atoms with Gasteiger partial charge in [0.05, 0.1) is 11.6 Å². The number of nitriles is 1. The third-order valence-corrected chi connectivity index (χ3v) is 3.53. The van der Waals surface area contributed by atoms with Crippen molar-refractivity contribution >= 4 is 23.2 Å². The molecule has 0 atom stereocenters. The smallest absolute Gasteiger partial charge is 0.274 e. The van der Waals surface area contributed by atoms with E-state index < -0.39 is 0 Å². The lowest BCUT2D eigenvalue weighted by Gasteiger charge is -2.09. The molecule has 0 radical (unpaired) electrons. The summed E-state index contributed by atoms with van der Waals surface area (Å²) in [6, 6.07) is 18.0. The van der Waals surface area contributed by atoms with Gasteiger partial charge < -0.3 is 10.6 Å². The van der Waals surface area contributed by atoms with Gasteiger partial charge in [-0.15, -0.1) is 0 Å². The van der Waals surface area contributed by atoms with Crippen molar-refractivity contribution < 1.29 is 4.79 Å². The monoisotopic (exact) mass is 329 g/mol. The van der Waals surface area contributed by atoms with Gasteiger partial charge in [0.2, 0.25) is 5.95 Å². The molecule has 1 heterocycles. The number of nitrogens with one attached hydrogen (secondary N) is 2. The van der Waals surface area contributed by atoms with Gasteiger partial charge in [0.25, 0.3) is 5.91 Å². The van der Waals surface area contributed by atoms with Gasteiger partial charge in [0.15, 0.2) is 0 Å². The number of rotatable bonds is 4. The van der Waals surface area contributed by atoms with E-state index in [2.05, 4.69) is 20.6 Å². The lowest BCUT2D eigenvalue weighted by atomic mass is 10.2. The number of nitrogens with zero attached hydrogens (tertiary/aromatic N) is 3. The van der Waals surface area contributed by atoms with Crippen LogP contribution in [0.3, 0.4) is 0 Å². The number of carbonyl (C=O) groups is 1. The second-order valence-electron chi connectivity index (χ2n) is 5.35. The fourth-order valence-corrected chi connectivity index (χ4v) is 2.24. The average molecular weight is 329 g/mol. The molecule has 0 aliphatic rings. The minimum atomic E-state index is -0.370. The van der Waals surface area contributed by atoms with E-state index in [1.165, 1.54) is 12.3 Å². The molecule has 2 aromatic carbocycles. The number of hydrogen-bond donors (Lipinski definition) is 2. The van der Waals surface area contributed by atoms with E-state index in [9.17, 15) is 4.79 Å². The van der Waals surface area contributed by atoms with Crippen LogP contribution in [0.4, 0.5) is 17.3 Å². The van der Waals surface area contributed by atoms with Gasteiger partial charge in [-0.05, 0) is 42.8 Å². The summed E-state index contributed by atoms with van der Waals surface area (Å²) in [6.07, 6.45) is 1.52. The molecular formula is C19H15N5O. The summed E-state index contributed by atoms with van der Waals surface area (Å²) in [5.41, 5.74) is 3.17. The zero-order chi connectivity index (χ0) is 17.6. The Morgan fingerprint density at radius 2 is 1.96 bits per heavy atom. The van der Waals surface area contributed by atoms with Crippen LogP contribution in [0.15, 0.2) is 60.8 Å². The highest BCUT2D eigenvalue weighted by atomic mass is 16.1. The van der Waals surface area contributed by atoms with E-state index in [4.69, 9.17) is 5.26 Å². The van der Waals surface area contributed by atoms with Crippen LogP contribution < -0.4 is 10.6 Å². The van der Waals surface area contributed by atoms with Crippen molar-refractivity contribution in [1.82, 2.24) is 9.97 Å². The van der Waals surface area contributed by atoms with E-state index >= 15 is 0 Å². The van der Waals surface area contributed by atoms with Crippen LogP contribution >= 0.6 is 0 Å². The van der Waals surface area contributed by atoms with Crippen molar-refractivity contribution in [3.63, 3.8) is 0 Å². The van der Waals surface area contributed by atoms with Crippen LogP contribution in [0, 0.1) is 18.3 Å². The summed E-state index contributed by atoms with van der Waals surface area (Å²) in [5, 5.41) is 14.8. The SMILES string of the molecule is Cc1ccccc1Nc1nccc(C(=O)Nc2cccc(C#N)c2)n1. The van der Waals surface area contributed by atoms with Crippen LogP contribution in [0.2, 0.25) is 0 Å². The number of anilines is 3. The van der Waals surface area contributed by atoms with Crippen molar-refractivity contribution in [1.29, 1.82) is 5.26 Å². The molecule has 2 N–H and O–H groups in total. The Morgan fingerprint density at radius 1 is 1.12 bits per heavy atom. The molecule has 0 bridgehead atoms. The molecular weight excluding hydrogens is 314 g/mol. The zero-order valence-electron chi connectivity index (χ0n) is 13.5. The van der Waals surface area contributed by atoms with Crippen molar-refractivity contribution in [2.75, 3.05) is 10.6 Å². The summed E-state index contributed by atoms with van der Waals surface area (Å²) < 4.78 is 0. The van der Waals surface area contributed by atoms with Crippen LogP contribution in [-0.4, -0.2) is 15.9 Å². The Bertz CT molecular complexity index is 962. The predicted molar refractivity (Wildman–Crippen MR) is 95.6 cm³/mol. The molecule has 0 saturated heterocycles. The number of aromatic nitrogens is 2. The summed E-state index contributed by atoms with van der Waals surface area (Å²) in [4.78, 5) is 20.8. The number of aryl methyl sites for hydroxylation is 1. The van der Waals surface area contributed by atoms with Crippen LogP contribution in [0.1, 0.15) is 21.6 Å². The number of amides is 1. The van der Waals surface area contributed by atoms with Gasteiger partial charge >= 0.3 is 0 Å². The molecule has 0 aliphatic heterocycles. The predicted octanol–water partition coefficient (Wildman–Crippen LogP) is 3.65. The topological polar surface area (TPSA) is 90.7 Å². The summed E-state index contributed by atoms with van der Waals surface area (Å²) in [6.45, 7) is 1.97. The van der Waals surface area contributed by atoms with Crippen LogP contribution in [0.5, 0.6) is 0 Å². The van der Waals surface area contributed by atoms with Gasteiger partial charge in [0.1, 0.15) is 5.69 Å². The fourth-order valence-electron chi connectivity index (χ4n) is 2.24. The normalized spacial score (nSPS) is 9.92. The van der Waals surface area contributed by atoms with E-state index in [1.807, 2.05) is 37.3 Å². The standard InChI is InChI=1S/C19H15N5O/c1-13-5-2-3-8-16(13)23-19-21-10-9-17(24-19)18(25)22-15-7-4-6-14(11-15)12-20/h2-11H,1H3,(H,22,25)(H,21,23,24). The molecule has 25 heavy (non-hydrogen) atoms. The van der Waals surface area contributed by atoms with E-state index in [1.54, 1.807) is 24.3 Å². The van der Waals surface area contributed by atoms with Crippen molar-refractivity contribution in [3.8, 4) is 6.07 Å². The highest BCUT2D eigenvalue weighted by molar-refractivity contribution is 6.03. The molecule has 6 nitrogen and oxygen atoms in total. The molecule has 6 heteroatoms. The Hall–Kier alpha value is -3.72. The Kier molecular flexibility index (Phi) is 4.67. The maximum atomic E-state index is 12.4. The zero-order valence-corrected chi connectivity index (χ0v) is 13.5. The van der Waals surface area contributed by atoms with Crippen molar-refractivity contribution in [2.45, 2.75) is 6.92 Å². The summed E-state index contributed by atoms with van der Waals surface area (Å²) >= 11 is 0. The molecule has 0 fully saturated rings. The number of para-hydroxylation sites is 1. The first-order valence-electron chi connectivity index (χ1n) is 7.63. The van der Waals surface area contributed by atoms with Crippen LogP contribution in [-0.2, 0) is 0 Å². The summed E-state index contributed by atoms with van der Waals surface area (Å²) in [7, 11) is 0. The van der Waals surface area contributed by atoms with Gasteiger partial charge in [-0.25, -0.2) is 9.97 Å². The van der Waals surface area contributed by atoms with E-state index in [0.717, 1.165) is 11.3 Å². The minimum absolute atomic E-state index is 0.230. The van der Waals surface area contributed by atoms with Crippen molar-refractivity contribution in [2.24, 2.45) is 0 Å². The highest BCUT2D eigenvalue weighted by Crippen LogP contribution is 2.17. The maximum absolute atomic E-state index is 12.4. The highest BCUT2D eigenvalue weighted by Gasteiger charge is 2.10. The van der Waals surface area contributed by atoms with Crippen LogP contribution in [0.25, 0.3) is 0 Å².